The minimum Gasteiger partial charge on any atom is -0.478 e. The molecule has 48 heavy (non-hydrogen) atoms. The van der Waals surface area contributed by atoms with Gasteiger partial charge in [-0.25, -0.2) is 4.79 Å². The molecule has 0 bridgehead atoms. The van der Waals surface area contributed by atoms with Gasteiger partial charge in [-0.05, 0) is 151 Å². The molecule has 0 amide bonds. The van der Waals surface area contributed by atoms with E-state index in [0.717, 1.165) is 55.7 Å². The second-order valence-electron chi connectivity index (χ2n) is 18.5. The molecule has 262 valence electrons. The van der Waals surface area contributed by atoms with Gasteiger partial charge >= 0.3 is 5.97 Å². The molecule has 0 aromatic heterocycles. The van der Waals surface area contributed by atoms with Crippen LogP contribution in [0.4, 0.5) is 0 Å². The summed E-state index contributed by atoms with van der Waals surface area (Å²) in [5.41, 5.74) is 5.32. The van der Waals surface area contributed by atoms with Crippen molar-refractivity contribution < 1.29 is 19.8 Å². The van der Waals surface area contributed by atoms with Gasteiger partial charge < -0.3 is 15.5 Å². The van der Waals surface area contributed by atoms with Gasteiger partial charge in [-0.15, -0.1) is 0 Å². The highest BCUT2D eigenvalue weighted by molar-refractivity contribution is 6.00. The number of carboxylic acids is 1. The normalized spacial score (nSPS) is 39.3. The molecule has 0 saturated heterocycles. The summed E-state index contributed by atoms with van der Waals surface area (Å²) in [6.45, 7) is 18.6. The molecule has 0 unspecified atom stereocenters. The van der Waals surface area contributed by atoms with Gasteiger partial charge in [0.25, 0.3) is 0 Å². The van der Waals surface area contributed by atoms with E-state index in [4.69, 9.17) is 0 Å². The number of carboxylic acid groups (broad SMARTS) is 1. The monoisotopic (exact) mass is 655 g/mol. The number of hydrogen-bond donors (Lipinski definition) is 3. The molecule has 0 aliphatic heterocycles. The quantitative estimate of drug-likeness (QED) is 0.247. The molecular weight excluding hydrogens is 594 g/mol. The summed E-state index contributed by atoms with van der Waals surface area (Å²) in [7, 11) is 0. The average molecular weight is 656 g/mol. The van der Waals surface area contributed by atoms with E-state index in [1.54, 1.807) is 12.1 Å². The number of carbonyl (C=O) groups is 2. The van der Waals surface area contributed by atoms with Crippen molar-refractivity contribution >= 4 is 17.3 Å². The molecular formula is C43H61NO4. The second kappa shape index (κ2) is 11.7. The van der Waals surface area contributed by atoms with Gasteiger partial charge in [0.1, 0.15) is 0 Å². The lowest BCUT2D eigenvalue weighted by Crippen LogP contribution is -2.65. The first-order valence-corrected chi connectivity index (χ1v) is 19.4. The summed E-state index contributed by atoms with van der Waals surface area (Å²) in [6, 6.07) is 7.53. The Balaban J connectivity index is 1.25. The van der Waals surface area contributed by atoms with E-state index < -0.39 is 17.5 Å². The molecule has 6 aliphatic carbocycles. The molecule has 3 N–H and O–H groups in total. The molecule has 0 spiro atoms. The van der Waals surface area contributed by atoms with Crippen molar-refractivity contribution in [1.29, 1.82) is 0 Å². The van der Waals surface area contributed by atoms with E-state index in [9.17, 15) is 19.8 Å². The van der Waals surface area contributed by atoms with Gasteiger partial charge in [0.2, 0.25) is 0 Å². The lowest BCUT2D eigenvalue weighted by molar-refractivity contribution is -0.208. The molecule has 6 aliphatic rings. The number of Topliss-reactive ketones (excluding diaryl/α,β-unsaturated/α-hetero) is 1. The van der Waals surface area contributed by atoms with E-state index >= 15 is 0 Å². The van der Waals surface area contributed by atoms with Crippen LogP contribution in [0.3, 0.4) is 0 Å². The maximum atomic E-state index is 14.0. The smallest absolute Gasteiger partial charge is 0.335 e. The number of benzene rings is 1. The Morgan fingerprint density at radius 1 is 0.958 bits per heavy atom. The summed E-state index contributed by atoms with van der Waals surface area (Å²) in [5.74, 6) is 1.85. The zero-order valence-electron chi connectivity index (χ0n) is 30.8. The molecule has 4 fully saturated rings. The Hall–Kier alpha value is -2.24. The first-order chi connectivity index (χ1) is 22.7. The van der Waals surface area contributed by atoms with E-state index in [2.05, 4.69) is 59.9 Å². The van der Waals surface area contributed by atoms with Crippen LogP contribution in [0.1, 0.15) is 135 Å². The number of aliphatic hydroxyl groups excluding tert-OH is 1. The van der Waals surface area contributed by atoms with Gasteiger partial charge in [0.15, 0.2) is 5.78 Å². The summed E-state index contributed by atoms with van der Waals surface area (Å²) in [6.07, 6.45) is 14.0. The molecule has 0 heterocycles. The van der Waals surface area contributed by atoms with Crippen molar-refractivity contribution in [3.63, 3.8) is 0 Å². The third-order valence-electron chi connectivity index (χ3n) is 15.9. The van der Waals surface area contributed by atoms with Crippen LogP contribution in [0.2, 0.25) is 0 Å². The van der Waals surface area contributed by atoms with Crippen LogP contribution in [-0.4, -0.2) is 41.2 Å². The van der Waals surface area contributed by atoms with Crippen molar-refractivity contribution in [2.45, 2.75) is 125 Å². The SMILES string of the molecule is CC[C@@]12CC[C@@]3([C@@H](O)CNCC4CC4)CC(=O)C(C(C)C)=C3[C@H]1CC[C@@H]1[C@@]3(C)CC=C(c4ccc(C(=O)O)cc4)C(C)(C)[C@@H]3CC[C@]12C. The van der Waals surface area contributed by atoms with Crippen LogP contribution < -0.4 is 5.32 Å². The van der Waals surface area contributed by atoms with Crippen molar-refractivity contribution in [3.8, 4) is 0 Å². The summed E-state index contributed by atoms with van der Waals surface area (Å²) < 4.78 is 0. The fourth-order valence-electron chi connectivity index (χ4n) is 13.5. The Labute approximate surface area is 289 Å². The van der Waals surface area contributed by atoms with E-state index in [-0.39, 0.29) is 27.6 Å². The number of allylic oxidation sites excluding steroid dienone is 3. The maximum Gasteiger partial charge on any atom is 0.335 e. The zero-order valence-corrected chi connectivity index (χ0v) is 30.8. The molecule has 5 nitrogen and oxygen atoms in total. The fourth-order valence-corrected chi connectivity index (χ4v) is 13.5. The number of carbonyl (C=O) groups excluding carboxylic acids is 1. The minimum absolute atomic E-state index is 0.0280. The van der Waals surface area contributed by atoms with E-state index in [0.29, 0.717) is 42.1 Å². The standard InChI is InChI=1S/C43H61NO4/c1-8-43-22-21-42(35(46)25-44-24-27-9-10-27)23-32(45)36(26(2)3)37(42)31(43)15-16-34-40(6)19-17-30(28-11-13-29(14-12-28)38(47)48)39(4,5)33(40)18-20-41(34,43)7/h11-14,17,26-27,31,33-35,44,46H,8-10,15-16,18-25H2,1-7H3,(H,47,48)/t31-,33+,34-,35+,40+,41-,42+,43-/m1/s1. The van der Waals surface area contributed by atoms with Gasteiger partial charge in [-0.2, -0.15) is 0 Å². The number of aliphatic hydroxyl groups is 1. The lowest BCUT2D eigenvalue weighted by Gasteiger charge is -2.72. The largest absolute Gasteiger partial charge is 0.478 e. The van der Waals surface area contributed by atoms with Gasteiger partial charge in [0, 0.05) is 18.4 Å². The Bertz CT molecular complexity index is 1530. The van der Waals surface area contributed by atoms with E-state index in [1.807, 2.05) is 12.1 Å². The van der Waals surface area contributed by atoms with E-state index in [1.165, 1.54) is 43.3 Å². The zero-order chi connectivity index (χ0) is 34.4. The summed E-state index contributed by atoms with van der Waals surface area (Å²) in [5, 5.41) is 25.2. The Kier molecular flexibility index (Phi) is 8.31. The van der Waals surface area contributed by atoms with Crippen LogP contribution in [0.25, 0.3) is 5.57 Å². The van der Waals surface area contributed by atoms with Crippen LogP contribution in [-0.2, 0) is 4.79 Å². The molecule has 5 heteroatoms. The minimum atomic E-state index is -0.879. The van der Waals surface area contributed by atoms with Crippen molar-refractivity contribution in [1.82, 2.24) is 5.32 Å². The third-order valence-corrected chi connectivity index (χ3v) is 15.9. The second-order valence-corrected chi connectivity index (χ2v) is 18.5. The first kappa shape index (κ1) is 34.2. The van der Waals surface area contributed by atoms with Crippen molar-refractivity contribution in [3.05, 3.63) is 52.6 Å². The highest BCUT2D eigenvalue weighted by Crippen LogP contribution is 2.78. The molecule has 1 aromatic carbocycles. The van der Waals surface area contributed by atoms with Gasteiger partial charge in [-0.3, -0.25) is 4.79 Å². The number of aromatic carboxylic acids is 1. The van der Waals surface area contributed by atoms with Crippen molar-refractivity contribution in [2.24, 2.45) is 56.7 Å². The molecule has 1 aromatic rings. The lowest BCUT2D eigenvalue weighted by atomic mass is 9.32. The predicted molar refractivity (Wildman–Crippen MR) is 192 cm³/mol. The predicted octanol–water partition coefficient (Wildman–Crippen LogP) is 9.11. The third kappa shape index (κ3) is 4.75. The summed E-state index contributed by atoms with van der Waals surface area (Å²) >= 11 is 0. The number of nitrogens with one attached hydrogen (secondary N) is 1. The van der Waals surface area contributed by atoms with Crippen LogP contribution in [0.5, 0.6) is 0 Å². The van der Waals surface area contributed by atoms with Crippen molar-refractivity contribution in [2.75, 3.05) is 13.1 Å². The van der Waals surface area contributed by atoms with Crippen LogP contribution in [0, 0.1) is 56.7 Å². The Morgan fingerprint density at radius 3 is 2.29 bits per heavy atom. The van der Waals surface area contributed by atoms with Gasteiger partial charge in [-0.1, -0.05) is 72.2 Å². The number of rotatable bonds is 9. The fraction of sp³-hybridized carbons (Fsp3) is 0.721. The Morgan fingerprint density at radius 2 is 1.67 bits per heavy atom. The molecule has 8 atom stereocenters. The van der Waals surface area contributed by atoms with Crippen LogP contribution >= 0.6 is 0 Å². The number of hydrogen-bond acceptors (Lipinski definition) is 4. The van der Waals surface area contributed by atoms with Crippen LogP contribution in [0.15, 0.2) is 41.5 Å². The molecule has 7 rings (SSSR count). The van der Waals surface area contributed by atoms with Gasteiger partial charge in [0.05, 0.1) is 11.7 Å². The molecule has 4 saturated carbocycles. The maximum absolute atomic E-state index is 14.0. The highest BCUT2D eigenvalue weighted by atomic mass is 16.4. The average Bonchev–Trinajstić information content (AvgIpc) is 3.80. The molecule has 0 radical (unpaired) electrons. The highest BCUT2D eigenvalue weighted by Gasteiger charge is 2.70. The summed E-state index contributed by atoms with van der Waals surface area (Å²) in [4.78, 5) is 25.6. The number of fused-ring (bicyclic) bond motifs is 7. The topological polar surface area (TPSA) is 86.6 Å². The number of ketones is 1. The first-order valence-electron chi connectivity index (χ1n) is 19.4.